The zero-order valence-electron chi connectivity index (χ0n) is 10.1. The van der Waals surface area contributed by atoms with Crippen LogP contribution >= 0.6 is 27.3 Å². The van der Waals surface area contributed by atoms with Crippen molar-refractivity contribution in [2.24, 2.45) is 0 Å². The first-order valence-corrected chi connectivity index (χ1v) is 7.11. The first-order valence-electron chi connectivity index (χ1n) is 5.50. The molecule has 1 heterocycles. The molecule has 1 aromatic carbocycles. The molecular weight excluding hydrogens is 296 g/mol. The second-order valence-electron chi connectivity index (χ2n) is 4.32. The largest absolute Gasteiger partial charge is 0.384 e. The van der Waals surface area contributed by atoms with Crippen LogP contribution < -0.4 is 0 Å². The van der Waals surface area contributed by atoms with E-state index in [1.807, 2.05) is 32.0 Å². The molecule has 0 spiro atoms. The molecule has 0 saturated heterocycles. The van der Waals surface area contributed by atoms with Gasteiger partial charge in [0, 0.05) is 4.88 Å². The van der Waals surface area contributed by atoms with Crippen LogP contribution in [0.15, 0.2) is 28.1 Å². The van der Waals surface area contributed by atoms with E-state index in [9.17, 15) is 5.11 Å². The minimum atomic E-state index is -0.529. The Morgan fingerprint density at radius 2 is 1.82 bits per heavy atom. The fraction of sp³-hybridized carbons (Fsp3) is 0.286. The Bertz CT molecular complexity index is 545. The number of halogens is 1. The predicted octanol–water partition coefficient (Wildman–Crippen LogP) is 4.52. The molecule has 90 valence electrons. The quantitative estimate of drug-likeness (QED) is 0.864. The summed E-state index contributed by atoms with van der Waals surface area (Å²) in [5.41, 5.74) is 4.35. The van der Waals surface area contributed by atoms with E-state index in [0.717, 1.165) is 25.4 Å². The van der Waals surface area contributed by atoms with Crippen LogP contribution in [0.2, 0.25) is 0 Å². The molecule has 0 radical (unpaired) electrons. The molecule has 0 aliphatic rings. The van der Waals surface area contributed by atoms with Gasteiger partial charge in [-0.25, -0.2) is 0 Å². The van der Waals surface area contributed by atoms with Crippen LogP contribution in [0, 0.1) is 20.8 Å². The van der Waals surface area contributed by atoms with Crippen LogP contribution in [-0.2, 0) is 0 Å². The average molecular weight is 311 g/mol. The Hall–Kier alpha value is -0.640. The summed E-state index contributed by atoms with van der Waals surface area (Å²) in [4.78, 5) is 1.16. The molecule has 3 heteroatoms. The van der Waals surface area contributed by atoms with Gasteiger partial charge in [-0.05, 0) is 59.5 Å². The Labute approximate surface area is 114 Å². The van der Waals surface area contributed by atoms with Gasteiger partial charge in [0.25, 0.3) is 0 Å². The molecular formula is C14H15BrOS. The molecule has 0 saturated carbocycles. The Balaban J connectivity index is 2.43. The minimum absolute atomic E-state index is 0.529. The van der Waals surface area contributed by atoms with Crippen molar-refractivity contribution in [2.75, 3.05) is 0 Å². The van der Waals surface area contributed by atoms with E-state index in [4.69, 9.17) is 0 Å². The zero-order chi connectivity index (χ0) is 12.6. The molecule has 2 rings (SSSR count). The number of benzene rings is 1. The predicted molar refractivity (Wildman–Crippen MR) is 76.7 cm³/mol. The van der Waals surface area contributed by atoms with Crippen LogP contribution in [0.25, 0.3) is 0 Å². The standard InChI is InChI=1S/C14H15BrOS/c1-8-4-5-11(9(2)6-8)14(16)12-7-13(15)17-10(12)3/h4-7,14,16H,1-3H3. The number of aliphatic hydroxyl groups is 1. The van der Waals surface area contributed by atoms with Crippen LogP contribution in [0.4, 0.5) is 0 Å². The van der Waals surface area contributed by atoms with Gasteiger partial charge in [0.1, 0.15) is 6.10 Å². The highest BCUT2D eigenvalue weighted by atomic mass is 79.9. The van der Waals surface area contributed by atoms with Crippen molar-refractivity contribution >= 4 is 27.3 Å². The molecule has 2 aromatic rings. The first kappa shape index (κ1) is 12.8. The van der Waals surface area contributed by atoms with Crippen molar-refractivity contribution in [1.29, 1.82) is 0 Å². The van der Waals surface area contributed by atoms with Gasteiger partial charge in [0.2, 0.25) is 0 Å². The van der Waals surface area contributed by atoms with Gasteiger partial charge in [-0.15, -0.1) is 11.3 Å². The van der Waals surface area contributed by atoms with E-state index in [1.165, 1.54) is 5.56 Å². The summed E-state index contributed by atoms with van der Waals surface area (Å²) in [7, 11) is 0. The summed E-state index contributed by atoms with van der Waals surface area (Å²) in [6, 6.07) is 8.17. The van der Waals surface area contributed by atoms with Crippen LogP contribution in [-0.4, -0.2) is 5.11 Å². The van der Waals surface area contributed by atoms with E-state index in [2.05, 4.69) is 28.9 Å². The normalized spacial score (nSPS) is 12.8. The average Bonchev–Trinajstić information content (AvgIpc) is 2.57. The minimum Gasteiger partial charge on any atom is -0.384 e. The van der Waals surface area contributed by atoms with Crippen molar-refractivity contribution in [3.63, 3.8) is 0 Å². The summed E-state index contributed by atoms with van der Waals surface area (Å²) in [6.07, 6.45) is -0.529. The number of aliphatic hydroxyl groups excluding tert-OH is 1. The zero-order valence-corrected chi connectivity index (χ0v) is 12.5. The lowest BCUT2D eigenvalue weighted by Crippen LogP contribution is -2.02. The molecule has 1 nitrogen and oxygen atoms in total. The van der Waals surface area contributed by atoms with Crippen molar-refractivity contribution < 1.29 is 5.11 Å². The molecule has 1 unspecified atom stereocenters. The smallest absolute Gasteiger partial charge is 0.105 e. The Morgan fingerprint density at radius 1 is 1.12 bits per heavy atom. The maximum absolute atomic E-state index is 10.4. The summed E-state index contributed by atoms with van der Waals surface area (Å²) in [5, 5.41) is 10.4. The topological polar surface area (TPSA) is 20.2 Å². The number of hydrogen-bond acceptors (Lipinski definition) is 2. The lowest BCUT2D eigenvalue weighted by Gasteiger charge is -2.14. The van der Waals surface area contributed by atoms with Gasteiger partial charge in [-0.2, -0.15) is 0 Å². The molecule has 1 atom stereocenters. The third kappa shape index (κ3) is 2.62. The molecule has 0 fully saturated rings. The van der Waals surface area contributed by atoms with Gasteiger partial charge in [0.05, 0.1) is 3.79 Å². The Morgan fingerprint density at radius 3 is 2.35 bits per heavy atom. The van der Waals surface area contributed by atoms with Crippen molar-refractivity contribution in [3.05, 3.63) is 55.2 Å². The Kier molecular flexibility index (Phi) is 3.71. The van der Waals surface area contributed by atoms with E-state index < -0.39 is 6.10 Å². The lowest BCUT2D eigenvalue weighted by atomic mass is 9.97. The molecule has 17 heavy (non-hydrogen) atoms. The maximum atomic E-state index is 10.4. The number of aryl methyl sites for hydroxylation is 3. The van der Waals surface area contributed by atoms with Gasteiger partial charge in [0.15, 0.2) is 0 Å². The molecule has 1 aromatic heterocycles. The first-order chi connectivity index (χ1) is 7.99. The van der Waals surface area contributed by atoms with Crippen molar-refractivity contribution in [3.8, 4) is 0 Å². The van der Waals surface area contributed by atoms with Gasteiger partial charge >= 0.3 is 0 Å². The number of rotatable bonds is 2. The summed E-state index contributed by atoms with van der Waals surface area (Å²) in [5.74, 6) is 0. The van der Waals surface area contributed by atoms with Crippen molar-refractivity contribution in [1.82, 2.24) is 0 Å². The van der Waals surface area contributed by atoms with Gasteiger partial charge in [-0.1, -0.05) is 23.8 Å². The monoisotopic (exact) mass is 310 g/mol. The molecule has 1 N–H and O–H groups in total. The van der Waals surface area contributed by atoms with E-state index in [-0.39, 0.29) is 0 Å². The van der Waals surface area contributed by atoms with Crippen LogP contribution in [0.1, 0.15) is 33.2 Å². The third-order valence-electron chi connectivity index (χ3n) is 2.94. The summed E-state index contributed by atoms with van der Waals surface area (Å²) < 4.78 is 1.06. The van der Waals surface area contributed by atoms with E-state index >= 15 is 0 Å². The molecule has 0 bridgehead atoms. The number of hydrogen-bond donors (Lipinski definition) is 1. The molecule has 0 aliphatic heterocycles. The highest BCUT2D eigenvalue weighted by molar-refractivity contribution is 9.11. The van der Waals surface area contributed by atoms with Crippen molar-refractivity contribution in [2.45, 2.75) is 26.9 Å². The second-order valence-corrected chi connectivity index (χ2v) is 6.96. The molecule has 0 amide bonds. The summed E-state index contributed by atoms with van der Waals surface area (Å²) in [6.45, 7) is 6.15. The molecule has 0 aliphatic carbocycles. The third-order valence-corrected chi connectivity index (χ3v) is 4.51. The summed E-state index contributed by atoms with van der Waals surface area (Å²) >= 11 is 5.12. The van der Waals surface area contributed by atoms with Crippen LogP contribution in [0.5, 0.6) is 0 Å². The van der Waals surface area contributed by atoms with Gasteiger partial charge in [-0.3, -0.25) is 0 Å². The van der Waals surface area contributed by atoms with E-state index in [1.54, 1.807) is 11.3 Å². The maximum Gasteiger partial charge on any atom is 0.105 e. The van der Waals surface area contributed by atoms with Crippen LogP contribution in [0.3, 0.4) is 0 Å². The fourth-order valence-electron chi connectivity index (χ4n) is 2.03. The fourth-order valence-corrected chi connectivity index (χ4v) is 3.77. The van der Waals surface area contributed by atoms with E-state index in [0.29, 0.717) is 0 Å². The van der Waals surface area contributed by atoms with Gasteiger partial charge < -0.3 is 5.11 Å². The SMILES string of the molecule is Cc1ccc(C(O)c2cc(Br)sc2C)c(C)c1. The highest BCUT2D eigenvalue weighted by Crippen LogP contribution is 2.34. The highest BCUT2D eigenvalue weighted by Gasteiger charge is 2.17. The second kappa shape index (κ2) is 4.92. The number of thiophene rings is 1. The lowest BCUT2D eigenvalue weighted by molar-refractivity contribution is 0.219.